The summed E-state index contributed by atoms with van der Waals surface area (Å²) < 4.78 is 34.1. The molecule has 2 spiro atoms. The lowest BCUT2D eigenvalue weighted by Gasteiger charge is -2.47. The van der Waals surface area contributed by atoms with E-state index in [1.807, 2.05) is 0 Å². The number of hydrogen-bond acceptors (Lipinski definition) is 5. The zero-order valence-electron chi connectivity index (χ0n) is 17.3. The molecule has 0 amide bonds. The number of nitrogens with two attached hydrogens (primary N) is 1. The van der Waals surface area contributed by atoms with Crippen LogP contribution in [0.1, 0.15) is 61.1 Å². The van der Waals surface area contributed by atoms with Crippen LogP contribution < -0.4 is 5.73 Å². The first-order valence-corrected chi connectivity index (χ1v) is 11.1. The summed E-state index contributed by atoms with van der Waals surface area (Å²) in [5, 5.41) is 0. The van der Waals surface area contributed by atoms with Gasteiger partial charge < -0.3 is 10.5 Å². The second kappa shape index (κ2) is 6.02. The van der Waals surface area contributed by atoms with Crippen molar-refractivity contribution in [3.8, 4) is 0 Å². The first-order chi connectivity index (χ1) is 14.4. The van der Waals surface area contributed by atoms with Crippen LogP contribution in [0.25, 0.3) is 0 Å². The van der Waals surface area contributed by atoms with E-state index in [1.54, 1.807) is 7.11 Å². The minimum Gasteiger partial charge on any atom is -0.381 e. The number of rotatable bonds is 2. The monoisotopic (exact) mass is 414 g/mol. The van der Waals surface area contributed by atoms with Gasteiger partial charge in [0.1, 0.15) is 12.4 Å². The number of benzene rings is 1. The Bertz CT molecular complexity index is 962. The number of fused-ring (bicyclic) bond motifs is 5. The first-order valence-electron chi connectivity index (χ1n) is 11.1. The number of amidine groups is 1. The lowest BCUT2D eigenvalue weighted by molar-refractivity contribution is -0.00915. The van der Waals surface area contributed by atoms with Crippen molar-refractivity contribution in [1.29, 1.82) is 0 Å². The predicted molar refractivity (Wildman–Crippen MR) is 111 cm³/mol. The number of aliphatic imine (C=N–C) groups is 2. The van der Waals surface area contributed by atoms with Gasteiger partial charge in [0.25, 0.3) is 5.92 Å². The van der Waals surface area contributed by atoms with Gasteiger partial charge in [-0.15, -0.1) is 0 Å². The average Bonchev–Trinajstić information content (AvgIpc) is 3.49. The molecule has 30 heavy (non-hydrogen) atoms. The van der Waals surface area contributed by atoms with E-state index in [4.69, 9.17) is 15.5 Å². The van der Waals surface area contributed by atoms with Crippen molar-refractivity contribution in [2.45, 2.75) is 68.4 Å². The molecule has 3 aliphatic carbocycles. The molecule has 5 aliphatic rings. The molecule has 2 saturated carbocycles. The minimum atomic E-state index is -2.88. The topological polar surface area (TPSA) is 63.2 Å². The molecule has 2 aliphatic heterocycles. The minimum absolute atomic E-state index is 0.183. The molecule has 1 aromatic rings. The van der Waals surface area contributed by atoms with Crippen LogP contribution >= 0.6 is 0 Å². The van der Waals surface area contributed by atoms with Crippen LogP contribution in [0.3, 0.4) is 0 Å². The Balaban J connectivity index is 1.54. The quantitative estimate of drug-likeness (QED) is 0.805. The van der Waals surface area contributed by atoms with Gasteiger partial charge in [0.15, 0.2) is 11.5 Å². The molecule has 1 aromatic carbocycles. The zero-order chi connectivity index (χ0) is 20.7. The fourth-order valence-electron chi connectivity index (χ4n) is 6.40. The van der Waals surface area contributed by atoms with Crippen molar-refractivity contribution in [1.82, 2.24) is 4.90 Å². The molecular weight excluding hydrogens is 386 g/mol. The maximum Gasteiger partial charge on any atom is 0.284 e. The van der Waals surface area contributed by atoms with E-state index in [9.17, 15) is 8.78 Å². The van der Waals surface area contributed by atoms with E-state index >= 15 is 0 Å². The molecule has 5 nitrogen and oxygen atoms in total. The highest BCUT2D eigenvalue weighted by molar-refractivity contribution is 6.11. The number of halogens is 2. The van der Waals surface area contributed by atoms with Crippen LogP contribution in [0.15, 0.2) is 28.2 Å². The van der Waals surface area contributed by atoms with Crippen molar-refractivity contribution in [2.75, 3.05) is 20.2 Å². The van der Waals surface area contributed by atoms with E-state index < -0.39 is 24.6 Å². The predicted octanol–water partition coefficient (Wildman–Crippen LogP) is 3.57. The number of alkyl halides is 2. The largest absolute Gasteiger partial charge is 0.381 e. The molecule has 6 rings (SSSR count). The molecule has 2 heterocycles. The van der Waals surface area contributed by atoms with Crippen LogP contribution in [0.4, 0.5) is 8.78 Å². The van der Waals surface area contributed by atoms with Crippen LogP contribution in [0.2, 0.25) is 0 Å². The standard InChI is InChI=1S/C23H28F2N4O/c1-30-17-6-8-21(9-7-17)11-16-5-4-15(14-2-3-14)10-18(16)23(21)19-27-12-22(24,25)13-29(19)20(26)28-23/h4-5,10,14,17H,2-3,6-9,11-13H2,1H3,(H2,26,28). The van der Waals surface area contributed by atoms with Gasteiger partial charge in [-0.25, -0.2) is 13.8 Å². The molecular formula is C23H28F2N4O. The van der Waals surface area contributed by atoms with Crippen LogP contribution in [-0.4, -0.2) is 48.9 Å². The number of hydrogen-bond donors (Lipinski definition) is 1. The van der Waals surface area contributed by atoms with Gasteiger partial charge in [-0.1, -0.05) is 18.2 Å². The molecule has 0 aromatic heterocycles. The van der Waals surface area contributed by atoms with Gasteiger partial charge in [0.05, 0.1) is 12.6 Å². The van der Waals surface area contributed by atoms with Crippen molar-refractivity contribution < 1.29 is 13.5 Å². The lowest BCUT2D eigenvalue weighted by Crippen LogP contribution is -2.57. The highest BCUT2D eigenvalue weighted by Crippen LogP contribution is 2.63. The fourth-order valence-corrected chi connectivity index (χ4v) is 6.40. The lowest BCUT2D eigenvalue weighted by atomic mass is 9.61. The highest BCUT2D eigenvalue weighted by Gasteiger charge is 2.66. The third-order valence-corrected chi connectivity index (χ3v) is 8.08. The Labute approximate surface area is 175 Å². The third kappa shape index (κ3) is 2.41. The fraction of sp³-hybridized carbons (Fsp3) is 0.652. The molecule has 0 radical (unpaired) electrons. The van der Waals surface area contributed by atoms with Crippen molar-refractivity contribution >= 4 is 11.8 Å². The van der Waals surface area contributed by atoms with E-state index in [-0.39, 0.29) is 17.5 Å². The van der Waals surface area contributed by atoms with E-state index in [1.165, 1.54) is 28.9 Å². The van der Waals surface area contributed by atoms with Crippen molar-refractivity contribution in [3.05, 3.63) is 34.9 Å². The SMILES string of the molecule is COC1CCC2(CC1)Cc1ccc(C3CC3)cc1C21N=C(N)N2CC(F)(F)CN=C21. The molecule has 0 bridgehead atoms. The number of ether oxygens (including phenoxy) is 1. The third-order valence-electron chi connectivity index (χ3n) is 8.08. The number of methoxy groups -OCH3 is 1. The van der Waals surface area contributed by atoms with Gasteiger partial charge in [0.2, 0.25) is 0 Å². The van der Waals surface area contributed by atoms with Crippen molar-refractivity contribution in [3.63, 3.8) is 0 Å². The molecule has 160 valence electrons. The summed E-state index contributed by atoms with van der Waals surface area (Å²) >= 11 is 0. The molecule has 1 atom stereocenters. The Morgan fingerprint density at radius 2 is 1.93 bits per heavy atom. The Morgan fingerprint density at radius 1 is 1.17 bits per heavy atom. The summed E-state index contributed by atoms with van der Waals surface area (Å²) in [5.41, 5.74) is 9.15. The summed E-state index contributed by atoms with van der Waals surface area (Å²) in [6.07, 6.45) is 7.33. The average molecular weight is 415 g/mol. The van der Waals surface area contributed by atoms with Crippen LogP contribution in [0.5, 0.6) is 0 Å². The van der Waals surface area contributed by atoms with Gasteiger partial charge in [-0.2, -0.15) is 0 Å². The zero-order valence-corrected chi connectivity index (χ0v) is 17.3. The normalized spacial score (nSPS) is 36.6. The number of guanidine groups is 1. The second-order valence-corrected chi connectivity index (χ2v) is 9.85. The van der Waals surface area contributed by atoms with E-state index in [0.717, 1.165) is 37.7 Å². The van der Waals surface area contributed by atoms with Gasteiger partial charge >= 0.3 is 0 Å². The Kier molecular flexibility index (Phi) is 3.76. The van der Waals surface area contributed by atoms with Crippen LogP contribution in [0, 0.1) is 5.41 Å². The summed E-state index contributed by atoms with van der Waals surface area (Å²) in [6.45, 7) is -0.921. The van der Waals surface area contributed by atoms with Crippen LogP contribution in [-0.2, 0) is 16.7 Å². The molecule has 0 saturated heterocycles. The van der Waals surface area contributed by atoms with E-state index in [0.29, 0.717) is 11.8 Å². The number of nitrogens with zero attached hydrogens (tertiary/aromatic N) is 3. The van der Waals surface area contributed by atoms with Gasteiger partial charge in [-0.3, -0.25) is 9.89 Å². The molecule has 7 heteroatoms. The first kappa shape index (κ1) is 18.7. The van der Waals surface area contributed by atoms with Crippen molar-refractivity contribution in [2.24, 2.45) is 21.1 Å². The molecule has 2 fully saturated rings. The second-order valence-electron chi connectivity index (χ2n) is 9.85. The maximum absolute atomic E-state index is 14.2. The Morgan fingerprint density at radius 3 is 2.63 bits per heavy atom. The highest BCUT2D eigenvalue weighted by atomic mass is 19.3. The van der Waals surface area contributed by atoms with Gasteiger partial charge in [-0.05, 0) is 67.6 Å². The smallest absolute Gasteiger partial charge is 0.284 e. The summed E-state index contributed by atoms with van der Waals surface area (Å²) in [5.74, 6) is -1.43. The Hall–Kier alpha value is -2.02. The molecule has 1 unspecified atom stereocenters. The van der Waals surface area contributed by atoms with E-state index in [2.05, 4.69) is 23.2 Å². The maximum atomic E-state index is 14.2. The summed E-state index contributed by atoms with van der Waals surface area (Å²) in [6, 6.07) is 6.79. The summed E-state index contributed by atoms with van der Waals surface area (Å²) in [4.78, 5) is 11.0. The molecule has 2 N–H and O–H groups in total. The summed E-state index contributed by atoms with van der Waals surface area (Å²) in [7, 11) is 1.77. The van der Waals surface area contributed by atoms with Gasteiger partial charge in [0, 0.05) is 12.5 Å².